The van der Waals surface area contributed by atoms with Gasteiger partial charge in [0.1, 0.15) is 0 Å². The summed E-state index contributed by atoms with van der Waals surface area (Å²) in [5.74, 6) is 2.01. The molecule has 1 heteroatoms. The third-order valence-electron chi connectivity index (χ3n) is 4.51. The summed E-state index contributed by atoms with van der Waals surface area (Å²) in [5, 5.41) is 3.79. The molecule has 0 aliphatic heterocycles. The summed E-state index contributed by atoms with van der Waals surface area (Å²) >= 11 is 0. The summed E-state index contributed by atoms with van der Waals surface area (Å²) in [6, 6.07) is 0.859. The van der Waals surface area contributed by atoms with Crippen LogP contribution in [0.25, 0.3) is 0 Å². The summed E-state index contributed by atoms with van der Waals surface area (Å²) < 4.78 is 0. The van der Waals surface area contributed by atoms with Crippen molar-refractivity contribution in [3.63, 3.8) is 0 Å². The van der Waals surface area contributed by atoms with E-state index in [9.17, 15) is 0 Å². The first-order chi connectivity index (χ1) is 7.42. The van der Waals surface area contributed by atoms with Gasteiger partial charge >= 0.3 is 0 Å². The van der Waals surface area contributed by atoms with Crippen molar-refractivity contribution in [3.8, 4) is 0 Å². The van der Waals surface area contributed by atoms with E-state index in [0.29, 0.717) is 0 Å². The van der Waals surface area contributed by atoms with Crippen molar-refractivity contribution in [2.24, 2.45) is 11.8 Å². The van der Waals surface area contributed by atoms with Crippen LogP contribution in [0.3, 0.4) is 0 Å². The zero-order valence-electron chi connectivity index (χ0n) is 10.3. The van der Waals surface area contributed by atoms with Crippen LogP contribution in [0, 0.1) is 11.8 Å². The summed E-state index contributed by atoms with van der Waals surface area (Å²) in [4.78, 5) is 0. The van der Waals surface area contributed by atoms with Gasteiger partial charge in [0.25, 0.3) is 0 Å². The molecule has 88 valence electrons. The van der Waals surface area contributed by atoms with Gasteiger partial charge in [-0.3, -0.25) is 0 Å². The van der Waals surface area contributed by atoms with Crippen molar-refractivity contribution < 1.29 is 0 Å². The normalized spacial score (nSPS) is 27.0. The van der Waals surface area contributed by atoms with Gasteiger partial charge in [-0.1, -0.05) is 39.0 Å². The second-order valence-corrected chi connectivity index (χ2v) is 5.53. The number of nitrogens with one attached hydrogen (secondary N) is 1. The molecule has 1 N–H and O–H groups in total. The molecule has 0 spiro atoms. The zero-order chi connectivity index (χ0) is 10.5. The molecular formula is C14H27N. The smallest absolute Gasteiger partial charge is 0.0123 e. The minimum absolute atomic E-state index is 0.859. The Bertz CT molecular complexity index is 166. The molecule has 1 atom stereocenters. The Balaban J connectivity index is 1.90. The highest BCUT2D eigenvalue weighted by atomic mass is 14.9. The molecule has 2 aliphatic rings. The quantitative estimate of drug-likeness (QED) is 0.744. The second-order valence-electron chi connectivity index (χ2n) is 5.53. The second kappa shape index (κ2) is 5.89. The van der Waals surface area contributed by atoms with Crippen molar-refractivity contribution >= 4 is 0 Å². The van der Waals surface area contributed by atoms with Gasteiger partial charge in [0, 0.05) is 6.04 Å². The van der Waals surface area contributed by atoms with E-state index in [1.807, 2.05) is 0 Å². The van der Waals surface area contributed by atoms with Gasteiger partial charge < -0.3 is 5.32 Å². The van der Waals surface area contributed by atoms with E-state index >= 15 is 0 Å². The van der Waals surface area contributed by atoms with Gasteiger partial charge in [0.05, 0.1) is 0 Å². The number of hydrogen-bond donors (Lipinski definition) is 1. The molecule has 2 saturated carbocycles. The van der Waals surface area contributed by atoms with Crippen molar-refractivity contribution in [1.82, 2.24) is 5.32 Å². The molecule has 0 amide bonds. The van der Waals surface area contributed by atoms with Crippen LogP contribution in [-0.2, 0) is 0 Å². The van der Waals surface area contributed by atoms with Crippen LogP contribution in [0.2, 0.25) is 0 Å². The van der Waals surface area contributed by atoms with E-state index in [4.69, 9.17) is 0 Å². The summed E-state index contributed by atoms with van der Waals surface area (Å²) in [6.45, 7) is 3.43. The monoisotopic (exact) mass is 209 g/mol. The maximum atomic E-state index is 3.79. The molecule has 2 aliphatic carbocycles. The lowest BCUT2D eigenvalue weighted by atomic mass is 9.78. The van der Waals surface area contributed by atoms with Gasteiger partial charge in [0.15, 0.2) is 0 Å². The first kappa shape index (κ1) is 11.4. The molecule has 0 heterocycles. The summed E-state index contributed by atoms with van der Waals surface area (Å²) in [6.07, 6.45) is 13.4. The molecule has 2 rings (SSSR count). The van der Waals surface area contributed by atoms with Gasteiger partial charge in [0.2, 0.25) is 0 Å². The van der Waals surface area contributed by atoms with E-state index in [1.165, 1.54) is 57.8 Å². The molecular weight excluding hydrogens is 182 g/mol. The Labute approximate surface area is 95.0 Å². The number of hydrogen-bond acceptors (Lipinski definition) is 1. The van der Waals surface area contributed by atoms with Gasteiger partial charge in [-0.15, -0.1) is 0 Å². The minimum atomic E-state index is 0.859. The highest BCUT2D eigenvalue weighted by Crippen LogP contribution is 2.36. The summed E-state index contributed by atoms with van der Waals surface area (Å²) in [7, 11) is 0. The lowest BCUT2D eigenvalue weighted by Crippen LogP contribution is -2.42. The standard InChI is InChI=1S/C14H27N/c1-2-15-14(13-10-6-7-11-13)12-8-4-3-5-9-12/h12-15H,2-11H2,1H3. The lowest BCUT2D eigenvalue weighted by Gasteiger charge is -2.35. The average Bonchev–Trinajstić information content (AvgIpc) is 2.80. The topological polar surface area (TPSA) is 12.0 Å². The van der Waals surface area contributed by atoms with Gasteiger partial charge in [-0.2, -0.15) is 0 Å². The molecule has 1 nitrogen and oxygen atoms in total. The maximum Gasteiger partial charge on any atom is 0.0123 e. The summed E-state index contributed by atoms with van der Waals surface area (Å²) in [5.41, 5.74) is 0. The molecule has 15 heavy (non-hydrogen) atoms. The molecule has 0 radical (unpaired) electrons. The van der Waals surface area contributed by atoms with E-state index < -0.39 is 0 Å². The molecule has 0 aromatic heterocycles. The molecule has 0 bridgehead atoms. The van der Waals surface area contributed by atoms with Crippen LogP contribution in [0.15, 0.2) is 0 Å². The van der Waals surface area contributed by atoms with Crippen molar-refractivity contribution in [2.45, 2.75) is 70.8 Å². The fourth-order valence-electron chi connectivity index (χ4n) is 3.76. The Morgan fingerprint density at radius 3 is 1.80 bits per heavy atom. The first-order valence-corrected chi connectivity index (χ1v) is 7.15. The number of rotatable bonds is 4. The van der Waals surface area contributed by atoms with E-state index in [2.05, 4.69) is 12.2 Å². The fraction of sp³-hybridized carbons (Fsp3) is 1.00. The van der Waals surface area contributed by atoms with Gasteiger partial charge in [-0.25, -0.2) is 0 Å². The lowest BCUT2D eigenvalue weighted by molar-refractivity contribution is 0.210. The molecule has 1 unspecified atom stereocenters. The van der Waals surface area contributed by atoms with E-state index in [-0.39, 0.29) is 0 Å². The van der Waals surface area contributed by atoms with Crippen molar-refractivity contribution in [2.75, 3.05) is 6.54 Å². The third-order valence-corrected chi connectivity index (χ3v) is 4.51. The fourth-order valence-corrected chi connectivity index (χ4v) is 3.76. The van der Waals surface area contributed by atoms with Crippen molar-refractivity contribution in [1.29, 1.82) is 0 Å². The Morgan fingerprint density at radius 1 is 0.867 bits per heavy atom. The van der Waals surface area contributed by atoms with Crippen LogP contribution in [0.1, 0.15) is 64.7 Å². The Morgan fingerprint density at radius 2 is 1.33 bits per heavy atom. The SMILES string of the molecule is CCNC(C1CCCCC1)C1CCCC1. The van der Waals surface area contributed by atoms with Crippen LogP contribution >= 0.6 is 0 Å². The van der Waals surface area contributed by atoms with E-state index in [0.717, 1.165) is 24.4 Å². The Kier molecular flexibility index (Phi) is 4.49. The highest BCUT2D eigenvalue weighted by molar-refractivity contribution is 4.87. The van der Waals surface area contributed by atoms with Crippen molar-refractivity contribution in [3.05, 3.63) is 0 Å². The molecule has 0 aromatic carbocycles. The predicted octanol–water partition coefficient (Wildman–Crippen LogP) is 3.74. The molecule has 2 fully saturated rings. The van der Waals surface area contributed by atoms with Crippen LogP contribution in [0.4, 0.5) is 0 Å². The Hall–Kier alpha value is -0.0400. The van der Waals surface area contributed by atoms with Crippen LogP contribution in [-0.4, -0.2) is 12.6 Å². The average molecular weight is 209 g/mol. The highest BCUT2D eigenvalue weighted by Gasteiger charge is 2.31. The zero-order valence-corrected chi connectivity index (χ0v) is 10.3. The van der Waals surface area contributed by atoms with Crippen LogP contribution in [0.5, 0.6) is 0 Å². The maximum absolute atomic E-state index is 3.79. The predicted molar refractivity (Wildman–Crippen MR) is 66.0 cm³/mol. The van der Waals surface area contributed by atoms with Crippen LogP contribution < -0.4 is 5.32 Å². The largest absolute Gasteiger partial charge is 0.314 e. The third kappa shape index (κ3) is 2.96. The molecule has 0 saturated heterocycles. The van der Waals surface area contributed by atoms with Gasteiger partial charge in [-0.05, 0) is 44.1 Å². The first-order valence-electron chi connectivity index (χ1n) is 7.15. The van der Waals surface area contributed by atoms with E-state index in [1.54, 1.807) is 0 Å². The minimum Gasteiger partial charge on any atom is -0.314 e. The molecule has 0 aromatic rings.